The zero-order valence-corrected chi connectivity index (χ0v) is 70.8. The van der Waals surface area contributed by atoms with E-state index in [4.69, 9.17) is 67.5 Å². The van der Waals surface area contributed by atoms with Crippen LogP contribution in [0.15, 0.2) is 273 Å². The van der Waals surface area contributed by atoms with Crippen molar-refractivity contribution < 1.29 is 13.9 Å². The maximum Gasteiger partial charge on any atom is 0.182 e. The first-order valence-electron chi connectivity index (χ1n) is 38.2. The number of ether oxygens (including phenoxy) is 2. The molecule has 0 spiro atoms. The van der Waals surface area contributed by atoms with Crippen LogP contribution in [0.4, 0.5) is 4.39 Å². The van der Waals surface area contributed by atoms with Crippen LogP contribution < -0.4 is 9.47 Å². The molecule has 0 radical (unpaired) electrons. The lowest BCUT2D eigenvalue weighted by Crippen LogP contribution is -1.95. The molecule has 602 valence electrons. The van der Waals surface area contributed by atoms with Crippen molar-refractivity contribution in [1.82, 2.24) is 99.9 Å². The minimum atomic E-state index is -0.296. The predicted molar refractivity (Wildman–Crippen MR) is 483 cm³/mol. The highest BCUT2D eigenvalue weighted by atomic mass is 35.5. The van der Waals surface area contributed by atoms with Gasteiger partial charge in [-0.1, -0.05) is 275 Å². The van der Waals surface area contributed by atoms with Gasteiger partial charge >= 0.3 is 0 Å². The molecular formula is C94H72Cl5FN20O2. The molecule has 0 saturated heterocycles. The number of rotatable bonds is 12. The largest absolute Gasteiger partial charge is 0.497 e. The maximum absolute atomic E-state index is 13.2. The Hall–Kier alpha value is -14.1. The van der Waals surface area contributed by atoms with Crippen molar-refractivity contribution in [2.45, 2.75) is 13.8 Å². The van der Waals surface area contributed by atoms with E-state index in [1.54, 1.807) is 56.8 Å². The molecular weight excluding hydrogens is 1640 g/mol. The second-order valence-electron chi connectivity index (χ2n) is 28.2. The van der Waals surface area contributed by atoms with Gasteiger partial charge in [-0.3, -0.25) is 0 Å². The molecule has 0 aliphatic heterocycles. The Morgan fingerprint density at radius 1 is 0.230 bits per heavy atom. The summed E-state index contributed by atoms with van der Waals surface area (Å²) in [5, 5.41) is 72.8. The number of aryl methyl sites for hydroxylation is 7. The average molecular weight is 1710 g/mol. The van der Waals surface area contributed by atoms with E-state index in [1.807, 2.05) is 265 Å². The summed E-state index contributed by atoms with van der Waals surface area (Å²) in [7, 11) is 12.4. The number of hydrogen-bond acceptors (Lipinski definition) is 17. The summed E-state index contributed by atoms with van der Waals surface area (Å²) in [6, 6.07) is 86.9. The van der Waals surface area contributed by atoms with E-state index in [0.29, 0.717) is 92.9 Å². The smallest absolute Gasteiger partial charge is 0.182 e. The molecule has 0 saturated carbocycles. The zero-order valence-electron chi connectivity index (χ0n) is 67.0. The van der Waals surface area contributed by atoms with Crippen LogP contribution in [-0.2, 0) is 35.2 Å². The highest BCUT2D eigenvalue weighted by Crippen LogP contribution is 2.44. The van der Waals surface area contributed by atoms with E-state index in [1.165, 1.54) is 23.3 Å². The van der Waals surface area contributed by atoms with Gasteiger partial charge in [0, 0.05) is 90.9 Å². The quantitative estimate of drug-likeness (QED) is 0.110. The average Bonchev–Trinajstić information content (AvgIpc) is 1.62. The topological polar surface area (TPSA) is 236 Å². The predicted octanol–water partition coefficient (Wildman–Crippen LogP) is 22.5. The molecule has 22 nitrogen and oxygen atoms in total. The van der Waals surface area contributed by atoms with E-state index in [-0.39, 0.29) is 5.82 Å². The van der Waals surface area contributed by atoms with E-state index >= 15 is 0 Å². The van der Waals surface area contributed by atoms with Gasteiger partial charge in [-0.05, 0) is 80.6 Å². The first-order valence-corrected chi connectivity index (χ1v) is 40.1. The summed E-state index contributed by atoms with van der Waals surface area (Å²) in [6.45, 7) is 4.11. The van der Waals surface area contributed by atoms with Crippen LogP contribution in [0.3, 0.4) is 0 Å². The molecule has 0 N–H and O–H groups in total. The van der Waals surface area contributed by atoms with Crippen LogP contribution in [0.5, 0.6) is 11.5 Å². The lowest BCUT2D eigenvalue weighted by atomic mass is 10.1. The lowest BCUT2D eigenvalue weighted by molar-refractivity contribution is 0.415. The normalized spacial score (nSPS) is 11.1. The van der Waals surface area contributed by atoms with Gasteiger partial charge < -0.3 is 9.47 Å². The first kappa shape index (κ1) is 81.7. The van der Waals surface area contributed by atoms with E-state index < -0.39 is 0 Å². The molecule has 0 bridgehead atoms. The fourth-order valence-electron chi connectivity index (χ4n) is 14.0. The van der Waals surface area contributed by atoms with Gasteiger partial charge in [-0.2, -0.15) is 25.5 Å². The summed E-state index contributed by atoms with van der Waals surface area (Å²) in [6.07, 6.45) is 0. The van der Waals surface area contributed by atoms with Gasteiger partial charge in [0.15, 0.2) is 28.2 Å². The molecule has 10 heterocycles. The summed E-state index contributed by atoms with van der Waals surface area (Å²) in [5.74, 6) is 1.22. The van der Waals surface area contributed by atoms with Gasteiger partial charge in [-0.15, -0.1) is 51.0 Å². The van der Waals surface area contributed by atoms with E-state index in [2.05, 4.69) is 102 Å². The number of nitrogens with zero attached hydrogens (tertiary/aromatic N) is 20. The van der Waals surface area contributed by atoms with Crippen molar-refractivity contribution in [3.63, 3.8) is 0 Å². The third kappa shape index (κ3) is 16.6. The second-order valence-corrected chi connectivity index (χ2v) is 30.1. The Kier molecular flexibility index (Phi) is 24.0. The molecule has 10 aromatic carbocycles. The molecule has 0 atom stereocenters. The van der Waals surface area contributed by atoms with E-state index in [0.717, 1.165) is 111 Å². The Labute approximate surface area is 724 Å². The Morgan fingerprint density at radius 2 is 0.467 bits per heavy atom. The summed E-state index contributed by atoms with van der Waals surface area (Å²) >= 11 is 33.6. The molecule has 0 fully saturated rings. The molecule has 20 rings (SSSR count). The van der Waals surface area contributed by atoms with Gasteiger partial charge in [-0.25, -0.2) is 27.8 Å². The van der Waals surface area contributed by atoms with E-state index in [9.17, 15) is 4.39 Å². The van der Waals surface area contributed by atoms with Crippen LogP contribution in [0.2, 0.25) is 25.1 Å². The molecule has 0 aliphatic rings. The first-order chi connectivity index (χ1) is 59.3. The van der Waals surface area contributed by atoms with Gasteiger partial charge in [0.05, 0.1) is 66.3 Å². The van der Waals surface area contributed by atoms with Gasteiger partial charge in [0.2, 0.25) is 0 Å². The van der Waals surface area contributed by atoms with Crippen molar-refractivity contribution in [1.29, 1.82) is 0 Å². The van der Waals surface area contributed by atoms with Crippen LogP contribution >= 0.6 is 58.0 Å². The van der Waals surface area contributed by atoms with Crippen molar-refractivity contribution >= 4 is 113 Å². The number of hydrogen-bond donors (Lipinski definition) is 0. The summed E-state index contributed by atoms with van der Waals surface area (Å²) < 4.78 is 32.2. The van der Waals surface area contributed by atoms with Crippen LogP contribution in [0, 0.1) is 19.7 Å². The highest BCUT2D eigenvalue weighted by Gasteiger charge is 2.26. The third-order valence-electron chi connectivity index (χ3n) is 20.1. The fourth-order valence-corrected chi connectivity index (χ4v) is 15.6. The van der Waals surface area contributed by atoms with Crippen molar-refractivity contribution in [2.24, 2.45) is 35.2 Å². The highest BCUT2D eigenvalue weighted by molar-refractivity contribution is 6.41. The standard InChI is InChI=1S/C20H17ClN4O2.2C19H15ClN4.C18H12ClFN4.C18H13ClN4/c1-25-20-16(18(24-25)13-5-4-6-15(11-13)27-3)17(21)19(22-23-20)12-7-9-14(26-2)10-8-12;1-12-7-6-10-14(11-12)17-15-16(20)18(13-8-4-3-5-9-13)21-22-19(15)24(2)23-17;1-12-8-10-14(11-9-12)18-16(20)15-17(13-6-4-3-5-7-13)23-24(2)19(15)22-21-18;1-24-18-14(16(23-24)12-7-9-13(20)10-8-12)15(19)17(21-22-18)11-5-3-2-4-6-11;1-23-18-14(16(22-23)12-8-4-2-5-9-12)15(19)17(20-21-18)13-10-6-3-7-11-13/h4-11H,1-3H3;2*3-11H,1-2H3;2-10H,1H3;2-11H,1H3. The summed E-state index contributed by atoms with van der Waals surface area (Å²) in [4.78, 5) is 0. The Morgan fingerprint density at radius 3 is 0.762 bits per heavy atom. The van der Waals surface area contributed by atoms with Crippen molar-refractivity contribution in [3.05, 3.63) is 315 Å². The monoisotopic (exact) mass is 1710 g/mol. The van der Waals surface area contributed by atoms with Crippen molar-refractivity contribution in [2.75, 3.05) is 14.2 Å². The molecule has 0 aliphatic carbocycles. The number of halogens is 6. The number of methoxy groups -OCH3 is 2. The number of aromatic nitrogens is 20. The number of fused-ring (bicyclic) bond motifs is 5. The minimum Gasteiger partial charge on any atom is -0.497 e. The third-order valence-corrected chi connectivity index (χ3v) is 22.0. The zero-order chi connectivity index (χ0) is 84.8. The lowest BCUT2D eigenvalue weighted by Gasteiger charge is -2.07. The molecule has 10 aromatic heterocycles. The SMILES string of the molecule is COc1ccc(-c2nnc3c(c(-c4cccc(OC)c4)nn3C)c2Cl)cc1.Cc1ccc(-c2nnc3c(c(-c4ccccc4)nn3C)c2Cl)cc1.Cc1cccc(-c2nn(C)c3nnc(-c4ccccc4)c(Cl)c23)c1.Cn1nc(-c2ccc(F)cc2)c2c(Cl)c(-c3ccccc3)nnc21.Cn1nc(-c2ccccc2)c2c(Cl)c(-c3ccccc3)nnc21. The van der Waals surface area contributed by atoms with Crippen LogP contribution in [0.1, 0.15) is 11.1 Å². The Bertz CT molecular complexity index is 7190. The molecule has 0 unspecified atom stereocenters. The van der Waals surface area contributed by atoms with Crippen LogP contribution in [-0.4, -0.2) is 114 Å². The molecule has 20 aromatic rings. The number of benzene rings is 10. The maximum atomic E-state index is 13.2. The molecule has 122 heavy (non-hydrogen) atoms. The molecule has 28 heteroatoms. The second kappa shape index (κ2) is 35.9. The fraction of sp³-hybridized carbons (Fsp3) is 0.0957. The van der Waals surface area contributed by atoms with Gasteiger partial charge in [0.1, 0.15) is 74.3 Å². The van der Waals surface area contributed by atoms with Gasteiger partial charge in [0.25, 0.3) is 0 Å². The van der Waals surface area contributed by atoms with Crippen LogP contribution in [0.25, 0.3) is 168 Å². The van der Waals surface area contributed by atoms with Crippen molar-refractivity contribution in [3.8, 4) is 124 Å². The minimum absolute atomic E-state index is 0.296. The molecule has 0 amide bonds. The summed E-state index contributed by atoms with van der Waals surface area (Å²) in [5.41, 5.74) is 21.9. The Balaban J connectivity index is 0.000000113.